The number of para-hydroxylation sites is 2. The normalized spacial score (nSPS) is 19.7. The molecule has 6 nitrogen and oxygen atoms in total. The van der Waals surface area contributed by atoms with Gasteiger partial charge in [-0.1, -0.05) is 53.0 Å². The van der Waals surface area contributed by atoms with E-state index in [1.165, 1.54) is 0 Å². The molecule has 1 saturated carbocycles. The number of halogens is 1. The molecule has 1 heterocycles. The molecule has 0 radical (unpaired) electrons. The fourth-order valence-corrected chi connectivity index (χ4v) is 4.13. The van der Waals surface area contributed by atoms with Crippen LogP contribution in [0.3, 0.4) is 0 Å². The first-order chi connectivity index (χ1) is 13.6. The maximum atomic E-state index is 13.0. The molecule has 0 aromatic heterocycles. The van der Waals surface area contributed by atoms with Crippen molar-refractivity contribution in [1.29, 1.82) is 0 Å². The lowest BCUT2D eigenvalue weighted by Crippen LogP contribution is -2.55. The second-order valence-electron chi connectivity index (χ2n) is 7.10. The van der Waals surface area contributed by atoms with Crippen LogP contribution < -0.4 is 20.3 Å². The number of hydrazine groups is 1. The molecule has 2 aromatic carbocycles. The first-order valence-corrected chi connectivity index (χ1v) is 10.1. The molecule has 4 rings (SSSR count). The van der Waals surface area contributed by atoms with Crippen LogP contribution in [0.2, 0.25) is 0 Å². The van der Waals surface area contributed by atoms with Crippen molar-refractivity contribution in [3.8, 4) is 11.5 Å². The molecule has 2 N–H and O–H groups in total. The number of hydrogen-bond donors (Lipinski definition) is 2. The Hall–Kier alpha value is -2.54. The van der Waals surface area contributed by atoms with Gasteiger partial charge in [0.15, 0.2) is 11.5 Å². The summed E-state index contributed by atoms with van der Waals surface area (Å²) in [6.45, 7) is 0.0938. The fraction of sp³-hybridized carbons (Fsp3) is 0.333. The number of rotatable bonds is 3. The van der Waals surface area contributed by atoms with Gasteiger partial charge < -0.3 is 9.47 Å². The van der Waals surface area contributed by atoms with Gasteiger partial charge in [0.2, 0.25) is 12.0 Å². The number of ether oxygens (including phenoxy) is 2. The molecule has 1 unspecified atom stereocenters. The van der Waals surface area contributed by atoms with Crippen molar-refractivity contribution in [2.45, 2.75) is 37.2 Å². The summed E-state index contributed by atoms with van der Waals surface area (Å²) in [4.78, 5) is 25.5. The van der Waals surface area contributed by atoms with Crippen molar-refractivity contribution in [2.75, 3.05) is 6.61 Å². The van der Waals surface area contributed by atoms with E-state index in [0.717, 1.165) is 35.7 Å². The van der Waals surface area contributed by atoms with Crippen LogP contribution in [0, 0.1) is 0 Å². The van der Waals surface area contributed by atoms with E-state index >= 15 is 0 Å². The molecule has 1 aliphatic carbocycles. The molecule has 2 amide bonds. The molecular weight excluding hydrogens is 424 g/mol. The number of carbonyl (C=O) groups excluding carboxylic acids is 2. The maximum Gasteiger partial charge on any atom is 0.283 e. The smallest absolute Gasteiger partial charge is 0.283 e. The zero-order valence-corrected chi connectivity index (χ0v) is 16.8. The fourth-order valence-electron chi connectivity index (χ4n) is 3.86. The lowest BCUT2D eigenvalue weighted by Gasteiger charge is -2.29. The van der Waals surface area contributed by atoms with E-state index in [-0.39, 0.29) is 12.5 Å². The number of benzene rings is 2. The lowest BCUT2D eigenvalue weighted by atomic mass is 9.78. The van der Waals surface area contributed by atoms with Crippen molar-refractivity contribution in [3.63, 3.8) is 0 Å². The number of carbonyl (C=O) groups is 2. The summed E-state index contributed by atoms with van der Waals surface area (Å²) in [5, 5.41) is 0. The van der Waals surface area contributed by atoms with Gasteiger partial charge in [0, 0.05) is 4.47 Å². The molecular formula is C21H21BrN2O4. The van der Waals surface area contributed by atoms with Gasteiger partial charge in [-0.2, -0.15) is 0 Å². The van der Waals surface area contributed by atoms with E-state index in [0.29, 0.717) is 11.5 Å². The summed E-state index contributed by atoms with van der Waals surface area (Å²) >= 11 is 3.43. The van der Waals surface area contributed by atoms with E-state index in [2.05, 4.69) is 26.8 Å². The molecule has 1 fully saturated rings. The number of amides is 2. The van der Waals surface area contributed by atoms with Gasteiger partial charge in [0.05, 0.1) is 5.41 Å². The third kappa shape index (κ3) is 3.58. The Morgan fingerprint density at radius 3 is 2.36 bits per heavy atom. The predicted octanol–water partition coefficient (Wildman–Crippen LogP) is 3.25. The molecule has 2 aliphatic rings. The van der Waals surface area contributed by atoms with Crippen LogP contribution >= 0.6 is 15.9 Å². The highest BCUT2D eigenvalue weighted by Gasteiger charge is 2.43. The Bertz CT molecular complexity index is 878. The molecule has 2 aromatic rings. The van der Waals surface area contributed by atoms with E-state index in [1.54, 1.807) is 12.1 Å². The number of fused-ring (bicyclic) bond motifs is 1. The van der Waals surface area contributed by atoms with Crippen LogP contribution in [0.5, 0.6) is 11.5 Å². The van der Waals surface area contributed by atoms with Crippen molar-refractivity contribution in [3.05, 3.63) is 58.6 Å². The molecule has 146 valence electrons. The Kier molecular flexibility index (Phi) is 5.26. The van der Waals surface area contributed by atoms with Crippen molar-refractivity contribution in [2.24, 2.45) is 0 Å². The number of nitrogens with one attached hydrogen (secondary N) is 2. The van der Waals surface area contributed by atoms with E-state index < -0.39 is 17.4 Å². The second-order valence-corrected chi connectivity index (χ2v) is 8.02. The SMILES string of the molecule is O=C(NNC(=O)C1(c2ccc(Br)cc2)CCCC1)C1COc2ccccc2O1. The number of hydrogen-bond acceptors (Lipinski definition) is 4. The van der Waals surface area contributed by atoms with Crippen LogP contribution in [0.1, 0.15) is 31.2 Å². The van der Waals surface area contributed by atoms with Gasteiger partial charge in [0.25, 0.3) is 5.91 Å². The summed E-state index contributed by atoms with van der Waals surface area (Å²) < 4.78 is 12.2. The first kappa shape index (κ1) is 18.8. The summed E-state index contributed by atoms with van der Waals surface area (Å²) in [6, 6.07) is 15.0. The third-order valence-corrected chi connectivity index (χ3v) is 5.92. The molecule has 1 aliphatic heterocycles. The molecule has 28 heavy (non-hydrogen) atoms. The lowest BCUT2D eigenvalue weighted by molar-refractivity contribution is -0.137. The Balaban J connectivity index is 1.41. The zero-order chi connectivity index (χ0) is 19.6. The largest absolute Gasteiger partial charge is 0.485 e. The Morgan fingerprint density at radius 1 is 0.964 bits per heavy atom. The van der Waals surface area contributed by atoms with Crippen LogP contribution in [-0.2, 0) is 15.0 Å². The second kappa shape index (κ2) is 7.83. The highest BCUT2D eigenvalue weighted by molar-refractivity contribution is 9.10. The van der Waals surface area contributed by atoms with Crippen LogP contribution in [0.15, 0.2) is 53.0 Å². The minimum Gasteiger partial charge on any atom is -0.485 e. The van der Waals surface area contributed by atoms with E-state index in [4.69, 9.17) is 9.47 Å². The van der Waals surface area contributed by atoms with Crippen LogP contribution in [0.4, 0.5) is 0 Å². The summed E-state index contributed by atoms with van der Waals surface area (Å²) in [6.07, 6.45) is 2.66. The van der Waals surface area contributed by atoms with Crippen LogP contribution in [0.25, 0.3) is 0 Å². The van der Waals surface area contributed by atoms with Crippen molar-refractivity contribution in [1.82, 2.24) is 10.9 Å². The van der Waals surface area contributed by atoms with E-state index in [9.17, 15) is 9.59 Å². The topological polar surface area (TPSA) is 76.7 Å². The minimum absolute atomic E-state index is 0.0938. The van der Waals surface area contributed by atoms with Gasteiger partial charge in [-0.15, -0.1) is 0 Å². The standard InChI is InChI=1S/C21H21BrN2O4/c22-15-9-7-14(8-10-15)21(11-3-4-12-21)20(26)24-23-19(25)18-13-27-16-5-1-2-6-17(16)28-18/h1-2,5-10,18H,3-4,11-13H2,(H,23,25)(H,24,26). The molecule has 0 bridgehead atoms. The van der Waals surface area contributed by atoms with Crippen molar-refractivity contribution < 1.29 is 19.1 Å². The van der Waals surface area contributed by atoms with Crippen LogP contribution in [-0.4, -0.2) is 24.5 Å². The van der Waals surface area contributed by atoms with Gasteiger partial charge >= 0.3 is 0 Å². The minimum atomic E-state index is -0.817. The first-order valence-electron chi connectivity index (χ1n) is 9.33. The third-order valence-electron chi connectivity index (χ3n) is 5.39. The summed E-state index contributed by atoms with van der Waals surface area (Å²) in [7, 11) is 0. The zero-order valence-electron chi connectivity index (χ0n) is 15.2. The van der Waals surface area contributed by atoms with Gasteiger partial charge in [-0.3, -0.25) is 20.4 Å². The molecule has 0 spiro atoms. The average molecular weight is 445 g/mol. The van der Waals surface area contributed by atoms with Gasteiger partial charge in [-0.25, -0.2) is 0 Å². The highest BCUT2D eigenvalue weighted by Crippen LogP contribution is 2.41. The predicted molar refractivity (Wildman–Crippen MR) is 107 cm³/mol. The highest BCUT2D eigenvalue weighted by atomic mass is 79.9. The molecule has 7 heteroatoms. The molecule has 1 atom stereocenters. The monoisotopic (exact) mass is 444 g/mol. The van der Waals surface area contributed by atoms with Gasteiger partial charge in [-0.05, 0) is 42.7 Å². The Morgan fingerprint density at radius 2 is 1.64 bits per heavy atom. The average Bonchev–Trinajstić information content (AvgIpc) is 3.23. The van der Waals surface area contributed by atoms with Gasteiger partial charge in [0.1, 0.15) is 6.61 Å². The quantitative estimate of drug-likeness (QED) is 0.712. The summed E-state index contributed by atoms with van der Waals surface area (Å²) in [5.74, 6) is 0.489. The maximum absolute atomic E-state index is 13.0. The van der Waals surface area contributed by atoms with E-state index in [1.807, 2.05) is 36.4 Å². The summed E-state index contributed by atoms with van der Waals surface area (Å²) in [5.41, 5.74) is 5.47. The van der Waals surface area contributed by atoms with Crippen molar-refractivity contribution >= 4 is 27.7 Å². The Labute approximate surface area is 171 Å². The molecule has 0 saturated heterocycles.